The van der Waals surface area contributed by atoms with Gasteiger partial charge in [-0.15, -0.1) is 21.6 Å². The molecule has 0 saturated carbocycles. The van der Waals surface area contributed by atoms with E-state index in [1.807, 2.05) is 0 Å². The molecule has 146 valence electrons. The fraction of sp³-hybridized carbons (Fsp3) is 0. The molecule has 8 nitrogen and oxygen atoms in total. The van der Waals surface area contributed by atoms with Crippen molar-refractivity contribution in [1.29, 1.82) is 0 Å². The van der Waals surface area contributed by atoms with Gasteiger partial charge in [0.25, 0.3) is 15.9 Å². The summed E-state index contributed by atoms with van der Waals surface area (Å²) in [6.07, 6.45) is 0. The highest BCUT2D eigenvalue weighted by molar-refractivity contribution is 7.94. The van der Waals surface area contributed by atoms with Crippen LogP contribution in [-0.4, -0.2) is 24.4 Å². The maximum absolute atomic E-state index is 12.6. The molecule has 2 aromatic heterocycles. The van der Waals surface area contributed by atoms with Gasteiger partial charge in [-0.3, -0.25) is 9.52 Å². The topological polar surface area (TPSA) is 124 Å². The number of para-hydroxylation sites is 2. The molecular weight excluding hydrogens is 412 g/mol. The molecule has 0 aliphatic heterocycles. The van der Waals surface area contributed by atoms with E-state index in [-0.39, 0.29) is 27.0 Å². The lowest BCUT2D eigenvalue weighted by Gasteiger charge is -2.09. The first-order valence-electron chi connectivity index (χ1n) is 8.37. The first-order chi connectivity index (χ1) is 14.0. The summed E-state index contributed by atoms with van der Waals surface area (Å²) in [6, 6.07) is 16.2. The summed E-state index contributed by atoms with van der Waals surface area (Å²) in [5.41, 5.74) is 0.907. The Balaban J connectivity index is 1.65. The number of aromatic hydroxyl groups is 1. The van der Waals surface area contributed by atoms with E-state index in [0.29, 0.717) is 10.9 Å². The number of amides is 1. The minimum absolute atomic E-state index is 0.0377. The third-order valence-corrected chi connectivity index (χ3v) is 6.83. The van der Waals surface area contributed by atoms with Crippen LogP contribution in [0.3, 0.4) is 0 Å². The van der Waals surface area contributed by atoms with Crippen molar-refractivity contribution in [2.24, 2.45) is 10.2 Å². The summed E-state index contributed by atoms with van der Waals surface area (Å²) in [5.74, 6) is -0.964. The SMILES string of the molecule is O=C(N=Nc1c(O)[nH]c2ccccc12)c1ccccc1NS(=O)(=O)c1cccs1. The third-order valence-electron chi connectivity index (χ3n) is 4.06. The van der Waals surface area contributed by atoms with Crippen molar-refractivity contribution in [3.8, 4) is 5.88 Å². The van der Waals surface area contributed by atoms with Crippen LogP contribution in [0, 0.1) is 0 Å². The van der Waals surface area contributed by atoms with E-state index in [2.05, 4.69) is 19.9 Å². The zero-order valence-electron chi connectivity index (χ0n) is 14.7. The summed E-state index contributed by atoms with van der Waals surface area (Å²) in [7, 11) is -3.82. The van der Waals surface area contributed by atoms with Crippen LogP contribution in [0.5, 0.6) is 5.88 Å². The van der Waals surface area contributed by atoms with Gasteiger partial charge in [-0.05, 0) is 29.6 Å². The highest BCUT2D eigenvalue weighted by atomic mass is 32.2. The molecule has 0 fully saturated rings. The smallest absolute Gasteiger partial charge is 0.297 e. The largest absolute Gasteiger partial charge is 0.493 e. The number of thiophene rings is 1. The van der Waals surface area contributed by atoms with Crippen LogP contribution in [0.4, 0.5) is 11.4 Å². The Morgan fingerprint density at radius 1 is 1.03 bits per heavy atom. The maximum atomic E-state index is 12.6. The molecule has 0 atom stereocenters. The number of hydrogen-bond donors (Lipinski definition) is 3. The van der Waals surface area contributed by atoms with E-state index in [9.17, 15) is 18.3 Å². The van der Waals surface area contributed by atoms with Gasteiger partial charge >= 0.3 is 0 Å². The lowest BCUT2D eigenvalue weighted by atomic mass is 10.2. The van der Waals surface area contributed by atoms with Crippen LogP contribution < -0.4 is 4.72 Å². The van der Waals surface area contributed by atoms with E-state index < -0.39 is 15.9 Å². The second kappa shape index (κ2) is 7.49. The Labute approximate surface area is 169 Å². The second-order valence-corrected chi connectivity index (χ2v) is 8.81. The van der Waals surface area contributed by atoms with E-state index in [0.717, 1.165) is 11.3 Å². The van der Waals surface area contributed by atoms with Crippen LogP contribution >= 0.6 is 11.3 Å². The maximum Gasteiger partial charge on any atom is 0.297 e. The number of azo groups is 1. The molecule has 0 radical (unpaired) electrons. The first-order valence-corrected chi connectivity index (χ1v) is 10.7. The van der Waals surface area contributed by atoms with E-state index >= 15 is 0 Å². The minimum Gasteiger partial charge on any atom is -0.493 e. The van der Waals surface area contributed by atoms with Crippen LogP contribution in [0.2, 0.25) is 0 Å². The number of fused-ring (bicyclic) bond motifs is 1. The monoisotopic (exact) mass is 426 g/mol. The van der Waals surface area contributed by atoms with Gasteiger partial charge in [-0.1, -0.05) is 36.4 Å². The summed E-state index contributed by atoms with van der Waals surface area (Å²) in [5, 5.41) is 19.8. The average molecular weight is 426 g/mol. The molecule has 2 heterocycles. The Morgan fingerprint density at radius 3 is 2.59 bits per heavy atom. The molecule has 0 unspecified atom stereocenters. The molecule has 3 N–H and O–H groups in total. The van der Waals surface area contributed by atoms with Gasteiger partial charge in [0.1, 0.15) is 4.21 Å². The number of nitrogens with one attached hydrogen (secondary N) is 2. The average Bonchev–Trinajstić information content (AvgIpc) is 3.34. The van der Waals surface area contributed by atoms with Crippen LogP contribution in [0.15, 0.2) is 80.5 Å². The zero-order valence-corrected chi connectivity index (χ0v) is 16.4. The molecule has 0 spiro atoms. The predicted octanol–water partition coefficient (Wildman–Crippen LogP) is 4.66. The lowest BCUT2D eigenvalue weighted by molar-refractivity contribution is 0.0996. The van der Waals surface area contributed by atoms with Crippen molar-refractivity contribution in [3.05, 3.63) is 71.6 Å². The van der Waals surface area contributed by atoms with Crippen LogP contribution in [0.1, 0.15) is 10.4 Å². The third kappa shape index (κ3) is 3.75. The lowest BCUT2D eigenvalue weighted by Crippen LogP contribution is -2.14. The molecule has 4 aromatic rings. The molecule has 29 heavy (non-hydrogen) atoms. The highest BCUT2D eigenvalue weighted by Crippen LogP contribution is 2.35. The Morgan fingerprint density at radius 2 is 1.79 bits per heavy atom. The molecule has 0 aliphatic carbocycles. The number of hydrogen-bond acceptors (Lipinski definition) is 6. The molecule has 0 aliphatic rings. The number of benzene rings is 2. The summed E-state index contributed by atoms with van der Waals surface area (Å²) < 4.78 is 27.5. The second-order valence-electron chi connectivity index (χ2n) is 5.96. The Bertz CT molecular complexity index is 1330. The van der Waals surface area contributed by atoms with Gasteiger partial charge in [0, 0.05) is 5.39 Å². The number of sulfonamides is 1. The molecular formula is C19H14N4O4S2. The minimum atomic E-state index is -3.82. The number of H-pyrrole nitrogens is 1. The number of rotatable bonds is 5. The Kier molecular flexibility index (Phi) is 4.87. The predicted molar refractivity (Wildman–Crippen MR) is 110 cm³/mol. The first kappa shape index (κ1) is 18.8. The van der Waals surface area contributed by atoms with Gasteiger partial charge in [0.15, 0.2) is 5.69 Å². The standard InChI is InChI=1S/C19H14N4O4S2/c24-18(22-21-17-12-6-1-3-8-14(12)20-19(17)25)13-7-2-4-9-15(13)23-29(26,27)16-10-5-11-28-16/h1-11,20,23,25H. The Hall–Kier alpha value is -3.50. The van der Waals surface area contributed by atoms with Crippen LogP contribution in [-0.2, 0) is 10.0 Å². The van der Waals surface area contributed by atoms with Crippen LogP contribution in [0.25, 0.3) is 10.9 Å². The molecule has 2 aromatic carbocycles. The molecule has 1 amide bonds. The number of nitrogens with zero attached hydrogens (tertiary/aromatic N) is 2. The van der Waals surface area contributed by atoms with Gasteiger partial charge in [0.05, 0.1) is 16.8 Å². The van der Waals surface area contributed by atoms with Gasteiger partial charge in [0.2, 0.25) is 5.88 Å². The van der Waals surface area contributed by atoms with Crippen molar-refractivity contribution < 1.29 is 18.3 Å². The normalized spacial score (nSPS) is 11.9. The van der Waals surface area contributed by atoms with Gasteiger partial charge in [-0.2, -0.15) is 0 Å². The molecule has 10 heteroatoms. The van der Waals surface area contributed by atoms with Crippen molar-refractivity contribution in [2.45, 2.75) is 4.21 Å². The number of carbonyl (C=O) groups is 1. The number of anilines is 1. The highest BCUT2D eigenvalue weighted by Gasteiger charge is 2.19. The molecule has 0 saturated heterocycles. The van der Waals surface area contributed by atoms with E-state index in [4.69, 9.17) is 0 Å². The van der Waals surface area contributed by atoms with Crippen molar-refractivity contribution >= 4 is 49.5 Å². The fourth-order valence-electron chi connectivity index (χ4n) is 2.73. The van der Waals surface area contributed by atoms with E-state index in [1.165, 1.54) is 18.2 Å². The van der Waals surface area contributed by atoms with Gasteiger partial charge in [-0.25, -0.2) is 8.42 Å². The van der Waals surface area contributed by atoms with E-state index in [1.54, 1.807) is 47.8 Å². The summed E-state index contributed by atoms with van der Waals surface area (Å²) >= 11 is 1.07. The summed E-state index contributed by atoms with van der Waals surface area (Å²) in [6.45, 7) is 0. The summed E-state index contributed by atoms with van der Waals surface area (Å²) in [4.78, 5) is 15.3. The fourth-order valence-corrected chi connectivity index (χ4v) is 4.81. The number of aromatic amines is 1. The van der Waals surface area contributed by atoms with Crippen molar-refractivity contribution in [2.75, 3.05) is 4.72 Å². The number of aromatic nitrogens is 1. The molecule has 0 bridgehead atoms. The molecule has 4 rings (SSSR count). The number of carbonyl (C=O) groups excluding carboxylic acids is 1. The zero-order chi connectivity index (χ0) is 20.4. The van der Waals surface area contributed by atoms with Crippen molar-refractivity contribution in [1.82, 2.24) is 4.98 Å². The quantitative estimate of drug-likeness (QED) is 0.401. The van der Waals surface area contributed by atoms with Gasteiger partial charge < -0.3 is 10.1 Å². The van der Waals surface area contributed by atoms with Crippen molar-refractivity contribution in [3.63, 3.8) is 0 Å².